The van der Waals surface area contributed by atoms with Gasteiger partial charge in [-0.25, -0.2) is 4.99 Å². The smallest absolute Gasteiger partial charge is 0.207 e. The Morgan fingerprint density at radius 2 is 1.97 bits per heavy atom. The molecule has 2 aromatic carbocycles. The summed E-state index contributed by atoms with van der Waals surface area (Å²) in [7, 11) is 0. The molecule has 1 amide bonds. The number of aliphatic imine (C=N–C) groups is 1. The van der Waals surface area contributed by atoms with Gasteiger partial charge in [0.25, 0.3) is 0 Å². The van der Waals surface area contributed by atoms with Gasteiger partial charge in [0.2, 0.25) is 6.41 Å². The number of nitrogens with zero attached hydrogens (tertiary/aromatic N) is 1. The molecule has 0 aliphatic carbocycles. The Hall–Kier alpha value is -3.42. The zero-order chi connectivity index (χ0) is 20.4. The van der Waals surface area contributed by atoms with Crippen molar-refractivity contribution in [3.05, 3.63) is 76.4 Å². The molecule has 29 heavy (non-hydrogen) atoms. The minimum absolute atomic E-state index is 0.258. The Balaban J connectivity index is 1.62. The van der Waals surface area contributed by atoms with Crippen LogP contribution in [-0.2, 0) is 4.79 Å². The summed E-state index contributed by atoms with van der Waals surface area (Å²) in [5.74, 6) is 1.38. The van der Waals surface area contributed by atoms with E-state index in [0.717, 1.165) is 0 Å². The van der Waals surface area contributed by atoms with Crippen LogP contribution < -0.4 is 15.8 Å². The summed E-state index contributed by atoms with van der Waals surface area (Å²) in [5.41, 5.74) is 7.46. The average molecular weight is 409 g/mol. The number of rotatable bonds is 6. The molecule has 4 rings (SSSR count). The molecule has 2 atom stereocenters. The van der Waals surface area contributed by atoms with Gasteiger partial charge in [0.05, 0.1) is 17.1 Å². The van der Waals surface area contributed by atoms with Crippen LogP contribution in [0.5, 0.6) is 11.5 Å². The monoisotopic (exact) mass is 408 g/mol. The minimum atomic E-state index is -0.614. The lowest BCUT2D eigenvalue weighted by Crippen LogP contribution is -2.41. The first kappa shape index (κ1) is 18.9. The second kappa shape index (κ2) is 7.90. The van der Waals surface area contributed by atoms with Crippen molar-refractivity contribution in [2.75, 3.05) is 0 Å². The molecule has 0 radical (unpaired) electrons. The first-order valence-corrected chi connectivity index (χ1v) is 9.24. The fourth-order valence-corrected chi connectivity index (χ4v) is 3.48. The van der Waals surface area contributed by atoms with Crippen molar-refractivity contribution in [1.29, 1.82) is 0 Å². The van der Waals surface area contributed by atoms with Gasteiger partial charge in [0.1, 0.15) is 17.3 Å². The average Bonchev–Trinajstić information content (AvgIpc) is 3.16. The van der Waals surface area contributed by atoms with E-state index in [1.165, 1.54) is 6.21 Å². The second-order valence-electron chi connectivity index (χ2n) is 6.46. The Labute approximate surface area is 171 Å². The van der Waals surface area contributed by atoms with E-state index in [1.54, 1.807) is 24.4 Å². The van der Waals surface area contributed by atoms with Crippen molar-refractivity contribution >= 4 is 35.8 Å². The van der Waals surface area contributed by atoms with Crippen LogP contribution in [-0.4, -0.2) is 29.4 Å². The summed E-state index contributed by atoms with van der Waals surface area (Å²) < 4.78 is 5.75. The minimum Gasteiger partial charge on any atom is -0.457 e. The lowest BCUT2D eigenvalue weighted by Gasteiger charge is -2.24. The summed E-state index contributed by atoms with van der Waals surface area (Å²) in [6.07, 6.45) is 3.64. The number of ketones is 1. The predicted octanol–water partition coefficient (Wildman–Crippen LogP) is 3.52. The summed E-state index contributed by atoms with van der Waals surface area (Å²) >= 11 is 6.37. The Kier molecular flexibility index (Phi) is 5.16. The zero-order valence-corrected chi connectivity index (χ0v) is 15.9. The number of hydrogen-bond donors (Lipinski definition) is 3. The fourth-order valence-electron chi connectivity index (χ4n) is 3.22. The third-order valence-electron chi connectivity index (χ3n) is 4.65. The molecule has 0 fully saturated rings. The van der Waals surface area contributed by atoms with E-state index in [-0.39, 0.29) is 10.8 Å². The highest BCUT2D eigenvalue weighted by atomic mass is 35.5. The number of nitrogens with one attached hydrogen (secondary N) is 2. The van der Waals surface area contributed by atoms with E-state index < -0.39 is 12.1 Å². The van der Waals surface area contributed by atoms with Crippen LogP contribution in [0.3, 0.4) is 0 Å². The van der Waals surface area contributed by atoms with E-state index in [9.17, 15) is 9.59 Å². The lowest BCUT2D eigenvalue weighted by atomic mass is 9.93. The van der Waals surface area contributed by atoms with Crippen molar-refractivity contribution in [3.63, 3.8) is 0 Å². The molecule has 0 saturated carbocycles. The van der Waals surface area contributed by atoms with E-state index in [0.29, 0.717) is 40.4 Å². The molecule has 0 bridgehead atoms. The van der Waals surface area contributed by atoms with Crippen LogP contribution >= 0.6 is 11.6 Å². The first-order chi connectivity index (χ1) is 14.1. The SMILES string of the molecule is NC1c2c(C(=O)c3ccc(Oc4ccccc4)cc3Cl)c[nH]c2N=CC1NC=O. The van der Waals surface area contributed by atoms with Gasteiger partial charge in [-0.15, -0.1) is 0 Å². The van der Waals surface area contributed by atoms with Crippen molar-refractivity contribution in [2.24, 2.45) is 10.7 Å². The number of amides is 1. The molecule has 1 aliphatic rings. The molecule has 1 aliphatic heterocycles. The maximum Gasteiger partial charge on any atom is 0.207 e. The van der Waals surface area contributed by atoms with Crippen LogP contribution in [0, 0.1) is 0 Å². The first-order valence-electron chi connectivity index (χ1n) is 8.86. The maximum atomic E-state index is 13.1. The Bertz CT molecular complexity index is 1090. The van der Waals surface area contributed by atoms with E-state index in [1.807, 2.05) is 30.3 Å². The Morgan fingerprint density at radius 1 is 1.17 bits per heavy atom. The van der Waals surface area contributed by atoms with Crippen molar-refractivity contribution < 1.29 is 14.3 Å². The molecule has 0 saturated heterocycles. The van der Waals surface area contributed by atoms with Gasteiger partial charge in [-0.05, 0) is 24.3 Å². The van der Waals surface area contributed by atoms with E-state index >= 15 is 0 Å². The molecule has 4 N–H and O–H groups in total. The van der Waals surface area contributed by atoms with Crippen LogP contribution in [0.2, 0.25) is 5.02 Å². The molecule has 1 aromatic heterocycles. The highest BCUT2D eigenvalue weighted by molar-refractivity contribution is 6.35. The highest BCUT2D eigenvalue weighted by Gasteiger charge is 2.31. The van der Waals surface area contributed by atoms with Crippen molar-refractivity contribution in [2.45, 2.75) is 12.1 Å². The number of carbonyl (C=O) groups excluding carboxylic acids is 2. The topological polar surface area (TPSA) is 110 Å². The lowest BCUT2D eigenvalue weighted by molar-refractivity contribution is -0.109. The van der Waals surface area contributed by atoms with Crippen molar-refractivity contribution in [3.8, 4) is 11.5 Å². The summed E-state index contributed by atoms with van der Waals surface area (Å²) in [5, 5.41) is 2.85. The standard InChI is InChI=1S/C21H17ClN4O3/c22-16-8-13(29-12-4-2-1-3-5-12)6-7-14(16)20(28)15-9-24-21-18(15)19(23)17(10-25-21)26-11-27/h1-11,17,19,24H,23H2,(H,26,27). The van der Waals surface area contributed by atoms with E-state index in [4.69, 9.17) is 22.1 Å². The molecule has 3 aromatic rings. The number of ether oxygens (including phenoxy) is 1. The molecule has 8 heteroatoms. The van der Waals surface area contributed by atoms with Crippen LogP contribution in [0.1, 0.15) is 27.5 Å². The van der Waals surface area contributed by atoms with Gasteiger partial charge in [-0.1, -0.05) is 29.8 Å². The third kappa shape index (κ3) is 3.65. The fraction of sp³-hybridized carbons (Fsp3) is 0.0952. The number of aromatic amines is 1. The maximum absolute atomic E-state index is 13.1. The molecular formula is C21H17ClN4O3. The normalized spacial score (nSPS) is 17.4. The number of fused-ring (bicyclic) bond motifs is 1. The van der Waals surface area contributed by atoms with Gasteiger partial charge in [-0.3, -0.25) is 9.59 Å². The number of para-hydroxylation sites is 1. The number of halogens is 1. The van der Waals surface area contributed by atoms with Crippen LogP contribution in [0.15, 0.2) is 59.7 Å². The largest absolute Gasteiger partial charge is 0.457 e. The number of hydrogen-bond acceptors (Lipinski definition) is 5. The molecule has 2 unspecified atom stereocenters. The van der Waals surface area contributed by atoms with Gasteiger partial charge >= 0.3 is 0 Å². The molecule has 7 nitrogen and oxygen atoms in total. The number of carbonyl (C=O) groups is 2. The summed E-state index contributed by atoms with van der Waals surface area (Å²) in [6.45, 7) is 0. The van der Waals surface area contributed by atoms with E-state index in [2.05, 4.69) is 15.3 Å². The van der Waals surface area contributed by atoms with Gasteiger partial charge in [0, 0.05) is 35.2 Å². The number of nitrogens with two attached hydrogens (primary N) is 1. The summed E-state index contributed by atoms with van der Waals surface area (Å²) in [6, 6.07) is 13.0. The van der Waals surface area contributed by atoms with Crippen molar-refractivity contribution in [1.82, 2.24) is 10.3 Å². The zero-order valence-electron chi connectivity index (χ0n) is 15.1. The third-order valence-corrected chi connectivity index (χ3v) is 4.96. The molecule has 0 spiro atoms. The van der Waals surface area contributed by atoms with Crippen LogP contribution in [0.4, 0.5) is 5.82 Å². The van der Waals surface area contributed by atoms with Gasteiger partial charge < -0.3 is 20.8 Å². The van der Waals surface area contributed by atoms with Gasteiger partial charge in [-0.2, -0.15) is 0 Å². The quantitative estimate of drug-likeness (QED) is 0.428. The number of H-pyrrole nitrogens is 1. The predicted molar refractivity (Wildman–Crippen MR) is 110 cm³/mol. The second-order valence-corrected chi connectivity index (χ2v) is 6.87. The molecule has 146 valence electrons. The Morgan fingerprint density at radius 3 is 2.69 bits per heavy atom. The van der Waals surface area contributed by atoms with Gasteiger partial charge in [0.15, 0.2) is 5.78 Å². The summed E-state index contributed by atoms with van der Waals surface area (Å²) in [4.78, 5) is 31.1. The molecule has 2 heterocycles. The van der Waals surface area contributed by atoms with Crippen LogP contribution in [0.25, 0.3) is 0 Å². The number of aromatic nitrogens is 1. The molecular weight excluding hydrogens is 392 g/mol. The number of benzene rings is 2. The highest BCUT2D eigenvalue weighted by Crippen LogP contribution is 2.35.